The Morgan fingerprint density at radius 1 is 1.47 bits per heavy atom. The van der Waals surface area contributed by atoms with E-state index in [0.29, 0.717) is 6.04 Å². The van der Waals surface area contributed by atoms with Crippen LogP contribution in [0, 0.1) is 12.8 Å². The van der Waals surface area contributed by atoms with E-state index in [1.54, 1.807) is 0 Å². The smallest absolute Gasteiger partial charge is 0.107 e. The van der Waals surface area contributed by atoms with Crippen molar-refractivity contribution >= 4 is 11.3 Å². The van der Waals surface area contributed by atoms with E-state index in [1.807, 2.05) is 11.3 Å². The summed E-state index contributed by atoms with van der Waals surface area (Å²) >= 11 is 1.88. The van der Waals surface area contributed by atoms with Gasteiger partial charge in [0.1, 0.15) is 5.01 Å². The summed E-state index contributed by atoms with van der Waals surface area (Å²) in [6.45, 7) is 13.3. The van der Waals surface area contributed by atoms with E-state index in [4.69, 9.17) is 4.98 Å². The van der Waals surface area contributed by atoms with E-state index in [-0.39, 0.29) is 0 Å². The van der Waals surface area contributed by atoms with E-state index in [0.717, 1.165) is 19.0 Å². The van der Waals surface area contributed by atoms with Gasteiger partial charge in [-0.05, 0) is 32.2 Å². The van der Waals surface area contributed by atoms with Crippen molar-refractivity contribution in [2.75, 3.05) is 13.1 Å². The summed E-state index contributed by atoms with van der Waals surface area (Å²) in [6, 6.07) is 0.535. The summed E-state index contributed by atoms with van der Waals surface area (Å²) in [5.74, 6) is 0.844. The molecule has 1 aromatic rings. The van der Waals surface area contributed by atoms with Crippen molar-refractivity contribution in [3.05, 3.63) is 15.6 Å². The Labute approximate surface area is 121 Å². The molecule has 1 N–H and O–H groups in total. The molecule has 0 spiro atoms. The molecule has 1 aliphatic rings. The van der Waals surface area contributed by atoms with Gasteiger partial charge in [0.15, 0.2) is 0 Å². The minimum Gasteiger partial charge on any atom is -0.310 e. The first-order chi connectivity index (χ1) is 9.04. The molecule has 1 saturated heterocycles. The summed E-state index contributed by atoms with van der Waals surface area (Å²) in [6.07, 6.45) is 2.73. The van der Waals surface area contributed by atoms with Crippen LogP contribution in [0.5, 0.6) is 0 Å². The minimum absolute atomic E-state index is 0.535. The van der Waals surface area contributed by atoms with Gasteiger partial charge in [-0.2, -0.15) is 0 Å². The molecule has 0 radical (unpaired) electrons. The lowest BCUT2D eigenvalue weighted by Crippen LogP contribution is -2.33. The molecule has 0 amide bonds. The van der Waals surface area contributed by atoms with Crippen molar-refractivity contribution in [3.63, 3.8) is 0 Å². The molecule has 0 aromatic carbocycles. The highest BCUT2D eigenvalue weighted by molar-refractivity contribution is 7.11. The fourth-order valence-electron chi connectivity index (χ4n) is 2.64. The summed E-state index contributed by atoms with van der Waals surface area (Å²) in [5, 5.41) is 4.77. The van der Waals surface area contributed by atoms with Crippen molar-refractivity contribution in [1.29, 1.82) is 0 Å². The zero-order valence-electron chi connectivity index (χ0n) is 12.7. The van der Waals surface area contributed by atoms with Crippen molar-refractivity contribution in [2.24, 2.45) is 5.92 Å². The highest BCUT2D eigenvalue weighted by Crippen LogP contribution is 2.22. The van der Waals surface area contributed by atoms with Gasteiger partial charge in [0.05, 0.1) is 12.2 Å². The standard InChI is InChI=1S/C15H27N3S/c1-11(2)16-8-14-13(4)17-15(19-14)10-18-7-5-6-12(3)9-18/h11-12,16H,5-10H2,1-4H3. The molecule has 108 valence electrons. The Kier molecular flexibility index (Phi) is 5.37. The molecule has 2 heterocycles. The average molecular weight is 281 g/mol. The maximum atomic E-state index is 4.74. The van der Waals surface area contributed by atoms with Gasteiger partial charge in [0.25, 0.3) is 0 Å². The number of aryl methyl sites for hydroxylation is 1. The molecule has 1 atom stereocenters. The lowest BCUT2D eigenvalue weighted by atomic mass is 10.0. The number of hydrogen-bond acceptors (Lipinski definition) is 4. The first-order valence-electron chi connectivity index (χ1n) is 7.45. The van der Waals surface area contributed by atoms with E-state index in [2.05, 4.69) is 37.9 Å². The van der Waals surface area contributed by atoms with Gasteiger partial charge < -0.3 is 5.32 Å². The van der Waals surface area contributed by atoms with Crippen LogP contribution >= 0.6 is 11.3 Å². The molecule has 19 heavy (non-hydrogen) atoms. The Morgan fingerprint density at radius 2 is 2.26 bits per heavy atom. The first kappa shape index (κ1) is 14.9. The van der Waals surface area contributed by atoms with Gasteiger partial charge in [-0.25, -0.2) is 4.98 Å². The molecule has 0 saturated carbocycles. The maximum Gasteiger partial charge on any atom is 0.107 e. The van der Waals surface area contributed by atoms with Crippen LogP contribution in [0.2, 0.25) is 0 Å². The van der Waals surface area contributed by atoms with E-state index < -0.39 is 0 Å². The van der Waals surface area contributed by atoms with Crippen LogP contribution in [0.4, 0.5) is 0 Å². The maximum absolute atomic E-state index is 4.74. The minimum atomic E-state index is 0.535. The van der Waals surface area contributed by atoms with Crippen molar-refractivity contribution in [1.82, 2.24) is 15.2 Å². The Hall–Kier alpha value is -0.450. The van der Waals surface area contributed by atoms with Crippen LogP contribution in [0.1, 0.15) is 49.2 Å². The number of aromatic nitrogens is 1. The third-order valence-electron chi connectivity index (χ3n) is 3.71. The normalized spacial score (nSPS) is 21.2. The summed E-state index contributed by atoms with van der Waals surface area (Å²) in [4.78, 5) is 8.70. The van der Waals surface area contributed by atoms with Gasteiger partial charge in [0, 0.05) is 24.0 Å². The van der Waals surface area contributed by atoms with Crippen LogP contribution in [0.3, 0.4) is 0 Å². The van der Waals surface area contributed by atoms with Gasteiger partial charge in [0.2, 0.25) is 0 Å². The number of nitrogens with one attached hydrogen (secondary N) is 1. The topological polar surface area (TPSA) is 28.2 Å². The molecule has 4 heteroatoms. The quantitative estimate of drug-likeness (QED) is 0.898. The predicted molar refractivity (Wildman–Crippen MR) is 82.5 cm³/mol. The summed E-state index contributed by atoms with van der Waals surface area (Å²) in [5.41, 5.74) is 1.21. The van der Waals surface area contributed by atoms with Gasteiger partial charge in [-0.15, -0.1) is 11.3 Å². The van der Waals surface area contributed by atoms with E-state index in [9.17, 15) is 0 Å². The number of piperidine rings is 1. The SMILES string of the molecule is Cc1nc(CN2CCCC(C)C2)sc1CNC(C)C. The van der Waals surface area contributed by atoms with Crippen LogP contribution < -0.4 is 5.32 Å². The van der Waals surface area contributed by atoms with E-state index >= 15 is 0 Å². The fraction of sp³-hybridized carbons (Fsp3) is 0.800. The van der Waals surface area contributed by atoms with E-state index in [1.165, 1.54) is 41.5 Å². The second kappa shape index (κ2) is 6.82. The number of hydrogen-bond donors (Lipinski definition) is 1. The molecule has 1 aromatic heterocycles. The largest absolute Gasteiger partial charge is 0.310 e. The van der Waals surface area contributed by atoms with Crippen LogP contribution in [-0.2, 0) is 13.1 Å². The van der Waals surface area contributed by atoms with Crippen LogP contribution in [0.15, 0.2) is 0 Å². The highest BCUT2D eigenvalue weighted by Gasteiger charge is 2.18. The molecule has 0 bridgehead atoms. The molecule has 2 rings (SSSR count). The highest BCUT2D eigenvalue weighted by atomic mass is 32.1. The third-order valence-corrected chi connectivity index (χ3v) is 4.85. The molecular formula is C15H27N3S. The molecule has 0 aliphatic carbocycles. The lowest BCUT2D eigenvalue weighted by Gasteiger charge is -2.29. The third kappa shape index (κ3) is 4.55. The Bertz CT molecular complexity index is 400. The zero-order valence-corrected chi connectivity index (χ0v) is 13.5. The zero-order chi connectivity index (χ0) is 13.8. The van der Waals surface area contributed by atoms with Gasteiger partial charge in [-0.1, -0.05) is 20.8 Å². The predicted octanol–water partition coefficient (Wildman–Crippen LogP) is 3.18. The molecule has 1 unspecified atom stereocenters. The number of likely N-dealkylation sites (tertiary alicyclic amines) is 1. The van der Waals surface area contributed by atoms with Crippen molar-refractivity contribution in [2.45, 2.75) is 59.7 Å². The summed E-state index contributed by atoms with van der Waals surface area (Å²) < 4.78 is 0. The first-order valence-corrected chi connectivity index (χ1v) is 8.27. The Balaban J connectivity index is 1.91. The second-order valence-electron chi connectivity index (χ2n) is 6.13. The van der Waals surface area contributed by atoms with Crippen LogP contribution in [0.25, 0.3) is 0 Å². The van der Waals surface area contributed by atoms with Crippen LogP contribution in [-0.4, -0.2) is 29.0 Å². The molecular weight excluding hydrogens is 254 g/mol. The van der Waals surface area contributed by atoms with Gasteiger partial charge in [-0.3, -0.25) is 4.90 Å². The van der Waals surface area contributed by atoms with Gasteiger partial charge >= 0.3 is 0 Å². The average Bonchev–Trinajstić information content (AvgIpc) is 2.67. The molecule has 3 nitrogen and oxygen atoms in total. The Morgan fingerprint density at radius 3 is 2.95 bits per heavy atom. The lowest BCUT2D eigenvalue weighted by molar-refractivity contribution is 0.176. The molecule has 1 fully saturated rings. The second-order valence-corrected chi connectivity index (χ2v) is 7.30. The number of rotatable bonds is 5. The summed E-state index contributed by atoms with van der Waals surface area (Å²) in [7, 11) is 0. The van der Waals surface area contributed by atoms with Crippen molar-refractivity contribution < 1.29 is 0 Å². The number of thiazole rings is 1. The molecule has 1 aliphatic heterocycles. The number of nitrogens with zero attached hydrogens (tertiary/aromatic N) is 2. The van der Waals surface area contributed by atoms with Crippen molar-refractivity contribution in [3.8, 4) is 0 Å². The monoisotopic (exact) mass is 281 g/mol. The fourth-order valence-corrected chi connectivity index (χ4v) is 3.70.